The molecule has 0 fully saturated rings. The van der Waals surface area contributed by atoms with Gasteiger partial charge >= 0.3 is 0 Å². The summed E-state index contributed by atoms with van der Waals surface area (Å²) in [5, 5.41) is 6.83. The minimum Gasteiger partial charge on any atom is -0.484 e. The van der Waals surface area contributed by atoms with Crippen molar-refractivity contribution in [3.63, 3.8) is 0 Å². The monoisotopic (exact) mass is 371 g/mol. The van der Waals surface area contributed by atoms with Crippen LogP contribution in [-0.4, -0.2) is 22.7 Å². The van der Waals surface area contributed by atoms with E-state index >= 15 is 0 Å². The Labute approximate surface area is 161 Å². The van der Waals surface area contributed by atoms with Crippen LogP contribution < -0.4 is 10.1 Å². The number of amides is 1. The van der Waals surface area contributed by atoms with Crippen LogP contribution in [-0.2, 0) is 4.79 Å². The first-order valence-electron chi connectivity index (χ1n) is 8.75. The molecule has 0 aliphatic heterocycles. The summed E-state index contributed by atoms with van der Waals surface area (Å²) < 4.78 is 10.8. The second-order valence-corrected chi connectivity index (χ2v) is 6.02. The van der Waals surface area contributed by atoms with E-state index in [0.717, 1.165) is 11.1 Å². The van der Waals surface area contributed by atoms with Crippen molar-refractivity contribution in [1.82, 2.24) is 10.1 Å². The van der Waals surface area contributed by atoms with Gasteiger partial charge in [0.25, 0.3) is 11.8 Å². The standard InChI is InChI=1S/C22H17N3O3/c26-20(15-27-19-12-5-2-6-13-19)23-18-11-7-10-17(14-18)22-24-21(25-28-22)16-8-3-1-4-9-16/h1-14H,15H2,(H,23,26). The number of ether oxygens (including phenoxy) is 1. The molecular formula is C22H17N3O3. The SMILES string of the molecule is O=C(COc1ccccc1)Nc1cccc(-c2nc(-c3ccccc3)no2)c1. The topological polar surface area (TPSA) is 77.2 Å². The number of para-hydroxylation sites is 1. The molecule has 4 aromatic rings. The number of hydrogen-bond donors (Lipinski definition) is 1. The molecule has 0 atom stereocenters. The van der Waals surface area contributed by atoms with Crippen molar-refractivity contribution in [3.8, 4) is 28.6 Å². The third kappa shape index (κ3) is 4.24. The molecule has 1 N–H and O–H groups in total. The summed E-state index contributed by atoms with van der Waals surface area (Å²) in [6.07, 6.45) is 0. The van der Waals surface area contributed by atoms with Crippen molar-refractivity contribution >= 4 is 11.6 Å². The van der Waals surface area contributed by atoms with Gasteiger partial charge in [0.05, 0.1) is 0 Å². The highest BCUT2D eigenvalue weighted by Gasteiger charge is 2.11. The van der Waals surface area contributed by atoms with Crippen LogP contribution in [0.1, 0.15) is 0 Å². The van der Waals surface area contributed by atoms with E-state index in [2.05, 4.69) is 15.5 Å². The van der Waals surface area contributed by atoms with Crippen LogP contribution in [0.5, 0.6) is 5.75 Å². The Bertz CT molecular complexity index is 1060. The van der Waals surface area contributed by atoms with Crippen LogP contribution in [0.4, 0.5) is 5.69 Å². The van der Waals surface area contributed by atoms with E-state index < -0.39 is 0 Å². The maximum atomic E-state index is 12.1. The van der Waals surface area contributed by atoms with Gasteiger partial charge in [-0.1, -0.05) is 59.8 Å². The Morgan fingerprint density at radius 1 is 0.893 bits per heavy atom. The maximum absolute atomic E-state index is 12.1. The maximum Gasteiger partial charge on any atom is 0.262 e. The fourth-order valence-electron chi connectivity index (χ4n) is 2.64. The second-order valence-electron chi connectivity index (χ2n) is 6.02. The highest BCUT2D eigenvalue weighted by Crippen LogP contribution is 2.24. The van der Waals surface area contributed by atoms with Gasteiger partial charge in [-0.25, -0.2) is 0 Å². The summed E-state index contributed by atoms with van der Waals surface area (Å²) in [7, 11) is 0. The van der Waals surface area contributed by atoms with Crippen LogP contribution >= 0.6 is 0 Å². The van der Waals surface area contributed by atoms with Crippen molar-refractivity contribution in [2.24, 2.45) is 0 Å². The average molecular weight is 371 g/mol. The number of carbonyl (C=O) groups excluding carboxylic acids is 1. The molecule has 0 aliphatic rings. The first kappa shape index (κ1) is 17.5. The molecule has 0 saturated carbocycles. The van der Waals surface area contributed by atoms with Gasteiger partial charge in [0.15, 0.2) is 6.61 Å². The zero-order valence-electron chi connectivity index (χ0n) is 14.9. The number of rotatable bonds is 6. The van der Waals surface area contributed by atoms with Crippen molar-refractivity contribution in [3.05, 3.63) is 84.9 Å². The lowest BCUT2D eigenvalue weighted by Gasteiger charge is -2.08. The minimum atomic E-state index is -0.253. The van der Waals surface area contributed by atoms with E-state index in [1.807, 2.05) is 60.7 Å². The van der Waals surface area contributed by atoms with Gasteiger partial charge in [0, 0.05) is 16.8 Å². The van der Waals surface area contributed by atoms with Gasteiger partial charge in [-0.3, -0.25) is 4.79 Å². The molecular weight excluding hydrogens is 354 g/mol. The van der Waals surface area contributed by atoms with E-state index in [0.29, 0.717) is 23.2 Å². The average Bonchev–Trinajstić information content (AvgIpc) is 3.24. The van der Waals surface area contributed by atoms with Gasteiger partial charge in [0.1, 0.15) is 5.75 Å². The van der Waals surface area contributed by atoms with Crippen LogP contribution in [0.15, 0.2) is 89.5 Å². The molecule has 1 amide bonds. The third-order valence-electron chi connectivity index (χ3n) is 3.96. The summed E-state index contributed by atoms with van der Waals surface area (Å²) in [6, 6.07) is 26.0. The van der Waals surface area contributed by atoms with E-state index in [1.54, 1.807) is 24.3 Å². The Morgan fingerprint density at radius 3 is 2.39 bits per heavy atom. The number of benzene rings is 3. The molecule has 1 heterocycles. The van der Waals surface area contributed by atoms with Crippen LogP contribution in [0.25, 0.3) is 22.8 Å². The molecule has 0 saturated heterocycles. The summed E-state index contributed by atoms with van der Waals surface area (Å²) in [5.74, 6) is 1.29. The molecule has 4 rings (SSSR count). The predicted molar refractivity (Wildman–Crippen MR) is 106 cm³/mol. The largest absolute Gasteiger partial charge is 0.484 e. The fourth-order valence-corrected chi connectivity index (χ4v) is 2.64. The highest BCUT2D eigenvalue weighted by atomic mass is 16.5. The molecule has 1 aromatic heterocycles. The minimum absolute atomic E-state index is 0.0764. The summed E-state index contributed by atoms with van der Waals surface area (Å²) in [5.41, 5.74) is 2.22. The van der Waals surface area contributed by atoms with Crippen molar-refractivity contribution in [2.75, 3.05) is 11.9 Å². The normalized spacial score (nSPS) is 10.4. The Kier molecular flexibility index (Phi) is 5.11. The van der Waals surface area contributed by atoms with Gasteiger partial charge < -0.3 is 14.6 Å². The lowest BCUT2D eigenvalue weighted by molar-refractivity contribution is -0.118. The van der Waals surface area contributed by atoms with Crippen molar-refractivity contribution in [1.29, 1.82) is 0 Å². The van der Waals surface area contributed by atoms with Gasteiger partial charge in [-0.2, -0.15) is 4.98 Å². The molecule has 0 unspecified atom stereocenters. The van der Waals surface area contributed by atoms with Gasteiger partial charge in [-0.15, -0.1) is 0 Å². The molecule has 0 bridgehead atoms. The molecule has 138 valence electrons. The van der Waals surface area contributed by atoms with E-state index in [9.17, 15) is 4.79 Å². The first-order valence-corrected chi connectivity index (χ1v) is 8.75. The quantitative estimate of drug-likeness (QED) is 0.543. The third-order valence-corrected chi connectivity index (χ3v) is 3.96. The molecule has 6 nitrogen and oxygen atoms in total. The molecule has 0 spiro atoms. The number of anilines is 1. The number of nitrogens with zero attached hydrogens (tertiary/aromatic N) is 2. The summed E-state index contributed by atoms with van der Waals surface area (Å²) >= 11 is 0. The number of carbonyl (C=O) groups is 1. The Morgan fingerprint density at radius 2 is 1.61 bits per heavy atom. The lowest BCUT2D eigenvalue weighted by Crippen LogP contribution is -2.20. The summed E-state index contributed by atoms with van der Waals surface area (Å²) in [4.78, 5) is 16.6. The smallest absolute Gasteiger partial charge is 0.262 e. The molecule has 6 heteroatoms. The Balaban J connectivity index is 1.43. The number of aromatic nitrogens is 2. The fraction of sp³-hybridized carbons (Fsp3) is 0.0455. The van der Waals surface area contributed by atoms with E-state index in [1.165, 1.54) is 0 Å². The summed E-state index contributed by atoms with van der Waals surface area (Å²) in [6.45, 7) is -0.0764. The van der Waals surface area contributed by atoms with Gasteiger partial charge in [0.2, 0.25) is 5.82 Å². The van der Waals surface area contributed by atoms with Crippen LogP contribution in [0.3, 0.4) is 0 Å². The highest BCUT2D eigenvalue weighted by molar-refractivity contribution is 5.92. The number of nitrogens with one attached hydrogen (secondary N) is 1. The van der Waals surface area contributed by atoms with Crippen LogP contribution in [0, 0.1) is 0 Å². The van der Waals surface area contributed by atoms with Crippen molar-refractivity contribution in [2.45, 2.75) is 0 Å². The molecule has 3 aromatic carbocycles. The predicted octanol–water partition coefficient (Wildman–Crippen LogP) is 4.42. The van der Waals surface area contributed by atoms with Crippen molar-refractivity contribution < 1.29 is 14.1 Å². The Hall–Kier alpha value is -3.93. The number of hydrogen-bond acceptors (Lipinski definition) is 5. The lowest BCUT2D eigenvalue weighted by atomic mass is 10.2. The second kappa shape index (κ2) is 8.18. The first-order chi connectivity index (χ1) is 13.8. The van der Waals surface area contributed by atoms with Crippen LogP contribution in [0.2, 0.25) is 0 Å². The molecule has 0 aliphatic carbocycles. The molecule has 0 radical (unpaired) electrons. The van der Waals surface area contributed by atoms with E-state index in [-0.39, 0.29) is 12.5 Å². The molecule has 28 heavy (non-hydrogen) atoms. The van der Waals surface area contributed by atoms with Gasteiger partial charge in [-0.05, 0) is 30.3 Å². The zero-order chi connectivity index (χ0) is 19.2. The van der Waals surface area contributed by atoms with E-state index in [4.69, 9.17) is 9.26 Å². The zero-order valence-corrected chi connectivity index (χ0v) is 14.9.